The number of nitrogens with two attached hydrogens (primary N) is 1. The molecular weight excluding hydrogens is 252 g/mol. The average molecular weight is 263 g/mol. The maximum Gasteiger partial charge on any atom is 0.275 e. The Balaban J connectivity index is 2.88. The van der Waals surface area contributed by atoms with Crippen LogP contribution in [0.3, 0.4) is 0 Å². The van der Waals surface area contributed by atoms with Gasteiger partial charge in [0.25, 0.3) is 5.91 Å². The number of hydrogen-bond acceptors (Lipinski definition) is 3. The van der Waals surface area contributed by atoms with Crippen LogP contribution < -0.4 is 11.3 Å². The molecule has 72 valence electrons. The number of hydrogen-bond donors (Lipinski definition) is 2. The van der Waals surface area contributed by atoms with Crippen molar-refractivity contribution in [2.24, 2.45) is 5.84 Å². The van der Waals surface area contributed by atoms with Crippen molar-refractivity contribution in [3.05, 3.63) is 20.3 Å². The van der Waals surface area contributed by atoms with Crippen molar-refractivity contribution >= 4 is 33.2 Å². The monoisotopic (exact) mass is 262 g/mol. The Hall–Kier alpha value is -0.390. The molecule has 0 saturated heterocycles. The van der Waals surface area contributed by atoms with E-state index < -0.39 is 0 Å². The lowest BCUT2D eigenvalue weighted by molar-refractivity contribution is 0.0957. The van der Waals surface area contributed by atoms with Crippen LogP contribution in [0.4, 0.5) is 0 Å². The van der Waals surface area contributed by atoms with Gasteiger partial charge in [0, 0.05) is 9.35 Å². The van der Waals surface area contributed by atoms with Crippen LogP contribution in [-0.2, 0) is 6.42 Å². The van der Waals surface area contributed by atoms with Gasteiger partial charge in [0.2, 0.25) is 0 Å². The lowest BCUT2D eigenvalue weighted by Crippen LogP contribution is -2.29. The number of nitrogens with one attached hydrogen (secondary N) is 1. The van der Waals surface area contributed by atoms with Gasteiger partial charge in [-0.15, -0.1) is 11.3 Å². The maximum atomic E-state index is 11.1. The van der Waals surface area contributed by atoms with Gasteiger partial charge in [-0.05, 0) is 28.4 Å². The number of nitrogen functional groups attached to an aromatic ring is 1. The molecule has 13 heavy (non-hydrogen) atoms. The highest BCUT2D eigenvalue weighted by atomic mass is 79.9. The molecule has 1 aromatic heterocycles. The van der Waals surface area contributed by atoms with Crippen LogP contribution in [0.15, 0.2) is 10.5 Å². The molecule has 3 nitrogen and oxygen atoms in total. The third kappa shape index (κ3) is 2.52. The molecule has 0 aliphatic rings. The van der Waals surface area contributed by atoms with Gasteiger partial charge in [0.1, 0.15) is 0 Å². The van der Waals surface area contributed by atoms with Crippen molar-refractivity contribution < 1.29 is 4.79 Å². The van der Waals surface area contributed by atoms with E-state index in [1.807, 2.05) is 0 Å². The SMILES string of the molecule is CCCc1sc(C(=O)NN)cc1Br. The summed E-state index contributed by atoms with van der Waals surface area (Å²) in [6.07, 6.45) is 2.06. The Kier molecular flexibility index (Phi) is 3.90. The fraction of sp³-hybridized carbons (Fsp3) is 0.375. The molecule has 3 N–H and O–H groups in total. The molecule has 1 rings (SSSR count). The van der Waals surface area contributed by atoms with E-state index in [0.717, 1.165) is 17.3 Å². The Morgan fingerprint density at radius 3 is 3.00 bits per heavy atom. The van der Waals surface area contributed by atoms with Crippen LogP contribution in [0.1, 0.15) is 27.9 Å². The molecule has 0 aromatic carbocycles. The molecule has 0 saturated carbocycles. The first-order valence-corrected chi connectivity index (χ1v) is 5.59. The van der Waals surface area contributed by atoms with E-state index in [4.69, 9.17) is 5.84 Å². The Morgan fingerprint density at radius 1 is 1.77 bits per heavy atom. The smallest absolute Gasteiger partial charge is 0.275 e. The summed E-state index contributed by atoms with van der Waals surface area (Å²) < 4.78 is 0.998. The number of hydrazine groups is 1. The molecule has 0 radical (unpaired) electrons. The zero-order valence-corrected chi connectivity index (χ0v) is 9.67. The minimum Gasteiger partial charge on any atom is -0.289 e. The summed E-state index contributed by atoms with van der Waals surface area (Å²) >= 11 is 4.88. The van der Waals surface area contributed by atoms with Crippen molar-refractivity contribution in [2.75, 3.05) is 0 Å². The van der Waals surface area contributed by atoms with Crippen LogP contribution in [0.5, 0.6) is 0 Å². The number of carbonyl (C=O) groups excluding carboxylic acids is 1. The zero-order chi connectivity index (χ0) is 9.84. The number of halogens is 1. The zero-order valence-electron chi connectivity index (χ0n) is 7.26. The van der Waals surface area contributed by atoms with E-state index >= 15 is 0 Å². The predicted octanol–water partition coefficient (Wildman–Crippen LogP) is 2.07. The fourth-order valence-electron chi connectivity index (χ4n) is 0.987. The summed E-state index contributed by atoms with van der Waals surface area (Å²) in [6.45, 7) is 2.11. The van der Waals surface area contributed by atoms with E-state index in [2.05, 4.69) is 28.3 Å². The summed E-state index contributed by atoms with van der Waals surface area (Å²) in [6, 6.07) is 1.80. The third-order valence-electron chi connectivity index (χ3n) is 1.59. The third-order valence-corrected chi connectivity index (χ3v) is 3.75. The second-order valence-corrected chi connectivity index (χ2v) is 4.60. The highest BCUT2D eigenvalue weighted by Crippen LogP contribution is 2.28. The largest absolute Gasteiger partial charge is 0.289 e. The molecule has 0 aliphatic carbocycles. The number of aryl methyl sites for hydroxylation is 1. The first-order valence-electron chi connectivity index (χ1n) is 3.98. The Morgan fingerprint density at radius 2 is 2.46 bits per heavy atom. The molecule has 0 aliphatic heterocycles. The second kappa shape index (κ2) is 4.74. The molecule has 0 fully saturated rings. The van der Waals surface area contributed by atoms with E-state index in [9.17, 15) is 4.79 Å². The highest BCUT2D eigenvalue weighted by Gasteiger charge is 2.11. The van der Waals surface area contributed by atoms with Crippen LogP contribution in [0, 0.1) is 0 Å². The van der Waals surface area contributed by atoms with Crippen molar-refractivity contribution in [1.29, 1.82) is 0 Å². The van der Waals surface area contributed by atoms with E-state index in [0.29, 0.717) is 4.88 Å². The summed E-state index contributed by atoms with van der Waals surface area (Å²) in [7, 11) is 0. The lowest BCUT2D eigenvalue weighted by atomic mass is 10.3. The molecule has 0 atom stereocenters. The second-order valence-electron chi connectivity index (χ2n) is 2.61. The molecule has 1 amide bonds. The summed E-state index contributed by atoms with van der Waals surface area (Å²) in [5.74, 6) is 4.80. The maximum absolute atomic E-state index is 11.1. The molecule has 1 aromatic rings. The first kappa shape index (κ1) is 10.7. The molecule has 1 heterocycles. The minimum atomic E-state index is -0.229. The van der Waals surface area contributed by atoms with Gasteiger partial charge >= 0.3 is 0 Å². The number of carbonyl (C=O) groups is 1. The average Bonchev–Trinajstić information content (AvgIpc) is 2.47. The standard InChI is InChI=1S/C8H11BrN2OS/c1-2-3-6-5(9)4-7(13-6)8(12)11-10/h4H,2-3,10H2,1H3,(H,11,12). The molecule has 5 heteroatoms. The predicted molar refractivity (Wildman–Crippen MR) is 57.7 cm³/mol. The van der Waals surface area contributed by atoms with Gasteiger partial charge in [0.05, 0.1) is 4.88 Å². The van der Waals surface area contributed by atoms with Gasteiger partial charge < -0.3 is 0 Å². The summed E-state index contributed by atoms with van der Waals surface area (Å²) in [5.41, 5.74) is 2.11. The quantitative estimate of drug-likeness (QED) is 0.498. The van der Waals surface area contributed by atoms with Gasteiger partial charge in [-0.1, -0.05) is 13.3 Å². The Bertz CT molecular complexity index is 311. The van der Waals surface area contributed by atoms with Crippen molar-refractivity contribution in [3.63, 3.8) is 0 Å². The van der Waals surface area contributed by atoms with Gasteiger partial charge in [-0.25, -0.2) is 5.84 Å². The topological polar surface area (TPSA) is 55.1 Å². The van der Waals surface area contributed by atoms with Gasteiger partial charge in [0.15, 0.2) is 0 Å². The van der Waals surface area contributed by atoms with Gasteiger partial charge in [-0.2, -0.15) is 0 Å². The number of rotatable bonds is 3. The van der Waals surface area contributed by atoms with Crippen LogP contribution in [0.25, 0.3) is 0 Å². The lowest BCUT2D eigenvalue weighted by Gasteiger charge is -1.93. The van der Waals surface area contributed by atoms with Crippen LogP contribution in [-0.4, -0.2) is 5.91 Å². The van der Waals surface area contributed by atoms with Crippen LogP contribution in [0.2, 0.25) is 0 Å². The summed E-state index contributed by atoms with van der Waals surface area (Å²) in [4.78, 5) is 13.0. The van der Waals surface area contributed by atoms with E-state index in [-0.39, 0.29) is 5.91 Å². The van der Waals surface area contributed by atoms with E-state index in [1.165, 1.54) is 16.2 Å². The van der Waals surface area contributed by atoms with Gasteiger partial charge in [-0.3, -0.25) is 10.2 Å². The van der Waals surface area contributed by atoms with Crippen molar-refractivity contribution in [1.82, 2.24) is 5.43 Å². The number of amides is 1. The highest BCUT2D eigenvalue weighted by molar-refractivity contribution is 9.10. The fourth-order valence-corrected chi connectivity index (χ4v) is 2.87. The molecular formula is C8H11BrN2OS. The molecule has 0 spiro atoms. The minimum absolute atomic E-state index is 0.229. The molecule has 0 unspecified atom stereocenters. The van der Waals surface area contributed by atoms with Crippen molar-refractivity contribution in [2.45, 2.75) is 19.8 Å². The molecule has 0 bridgehead atoms. The first-order chi connectivity index (χ1) is 6.19. The van der Waals surface area contributed by atoms with Crippen LogP contribution >= 0.6 is 27.3 Å². The number of thiophene rings is 1. The normalized spacial score (nSPS) is 10.1. The summed E-state index contributed by atoms with van der Waals surface area (Å²) in [5, 5.41) is 0. The van der Waals surface area contributed by atoms with Crippen molar-refractivity contribution in [3.8, 4) is 0 Å². The van der Waals surface area contributed by atoms with E-state index in [1.54, 1.807) is 6.07 Å². The Labute approximate surface area is 89.4 Å².